The van der Waals surface area contributed by atoms with Crippen LogP contribution in [0.2, 0.25) is 0 Å². The van der Waals surface area contributed by atoms with Crippen LogP contribution in [-0.4, -0.2) is 12.5 Å². The Labute approximate surface area is 106 Å². The number of rotatable bonds is 5. The SMILES string of the molecule is CC(C)C1(CNC(=O)C(N)c2cccs2)CC1. The number of nitrogens with one attached hydrogen (secondary N) is 1. The molecule has 1 aliphatic rings. The van der Waals surface area contributed by atoms with E-state index in [0.29, 0.717) is 11.3 Å². The lowest BCUT2D eigenvalue weighted by molar-refractivity contribution is -0.122. The first-order valence-corrected chi connectivity index (χ1v) is 7.00. The van der Waals surface area contributed by atoms with E-state index in [2.05, 4.69) is 19.2 Å². The topological polar surface area (TPSA) is 55.1 Å². The second-order valence-electron chi connectivity index (χ2n) is 5.23. The molecule has 0 aromatic carbocycles. The maximum atomic E-state index is 11.9. The van der Waals surface area contributed by atoms with Crippen LogP contribution in [0.25, 0.3) is 0 Å². The van der Waals surface area contributed by atoms with Gasteiger partial charge in [-0.05, 0) is 35.6 Å². The van der Waals surface area contributed by atoms with Crippen LogP contribution in [0, 0.1) is 11.3 Å². The summed E-state index contributed by atoms with van der Waals surface area (Å²) in [5.41, 5.74) is 6.25. The minimum Gasteiger partial charge on any atom is -0.354 e. The van der Waals surface area contributed by atoms with Crippen molar-refractivity contribution in [3.8, 4) is 0 Å². The van der Waals surface area contributed by atoms with E-state index < -0.39 is 6.04 Å². The van der Waals surface area contributed by atoms with Crippen LogP contribution < -0.4 is 11.1 Å². The molecule has 4 heteroatoms. The van der Waals surface area contributed by atoms with Gasteiger partial charge in [0.15, 0.2) is 0 Å². The molecule has 1 atom stereocenters. The predicted octanol–water partition coefficient (Wildman–Crippen LogP) is 2.30. The molecule has 1 fully saturated rings. The molecule has 17 heavy (non-hydrogen) atoms. The Bertz CT molecular complexity index is 382. The molecule has 0 radical (unpaired) electrons. The molecule has 94 valence electrons. The lowest BCUT2D eigenvalue weighted by atomic mass is 9.92. The molecule has 0 aliphatic heterocycles. The maximum absolute atomic E-state index is 11.9. The highest BCUT2D eigenvalue weighted by molar-refractivity contribution is 7.10. The summed E-state index contributed by atoms with van der Waals surface area (Å²) in [6.07, 6.45) is 2.44. The van der Waals surface area contributed by atoms with Crippen LogP contribution >= 0.6 is 11.3 Å². The highest BCUT2D eigenvalue weighted by Gasteiger charge is 2.45. The molecule has 3 nitrogen and oxygen atoms in total. The van der Waals surface area contributed by atoms with Crippen LogP contribution in [0.5, 0.6) is 0 Å². The van der Waals surface area contributed by atoms with Gasteiger partial charge in [-0.15, -0.1) is 11.3 Å². The van der Waals surface area contributed by atoms with Gasteiger partial charge < -0.3 is 11.1 Å². The first kappa shape index (κ1) is 12.6. The van der Waals surface area contributed by atoms with Crippen LogP contribution in [0.15, 0.2) is 17.5 Å². The van der Waals surface area contributed by atoms with Crippen molar-refractivity contribution in [1.82, 2.24) is 5.32 Å². The summed E-state index contributed by atoms with van der Waals surface area (Å²) in [7, 11) is 0. The third-order valence-electron chi connectivity index (χ3n) is 3.86. The first-order chi connectivity index (χ1) is 8.05. The van der Waals surface area contributed by atoms with Gasteiger partial charge in [-0.2, -0.15) is 0 Å². The zero-order chi connectivity index (χ0) is 12.5. The Morgan fingerprint density at radius 2 is 2.29 bits per heavy atom. The number of carbonyl (C=O) groups excluding carboxylic acids is 1. The highest BCUT2D eigenvalue weighted by Crippen LogP contribution is 2.51. The van der Waals surface area contributed by atoms with Crippen LogP contribution in [0.3, 0.4) is 0 Å². The van der Waals surface area contributed by atoms with E-state index in [1.54, 1.807) is 0 Å². The van der Waals surface area contributed by atoms with Crippen molar-refractivity contribution in [3.63, 3.8) is 0 Å². The number of nitrogens with two attached hydrogens (primary N) is 1. The largest absolute Gasteiger partial charge is 0.354 e. The normalized spacial score (nSPS) is 19.1. The Kier molecular flexibility index (Phi) is 3.54. The van der Waals surface area contributed by atoms with E-state index in [0.717, 1.165) is 11.4 Å². The quantitative estimate of drug-likeness (QED) is 0.845. The minimum absolute atomic E-state index is 0.0561. The fourth-order valence-electron chi connectivity index (χ4n) is 2.09. The van der Waals surface area contributed by atoms with E-state index in [-0.39, 0.29) is 5.91 Å². The van der Waals surface area contributed by atoms with E-state index >= 15 is 0 Å². The van der Waals surface area contributed by atoms with Gasteiger partial charge in [-0.3, -0.25) is 4.79 Å². The summed E-state index contributed by atoms with van der Waals surface area (Å²) in [6.45, 7) is 5.21. The number of thiophene rings is 1. The van der Waals surface area contributed by atoms with Crippen LogP contribution in [-0.2, 0) is 4.79 Å². The zero-order valence-corrected chi connectivity index (χ0v) is 11.2. The van der Waals surface area contributed by atoms with Gasteiger partial charge in [-0.25, -0.2) is 0 Å². The molecule has 0 spiro atoms. The number of hydrogen-bond donors (Lipinski definition) is 2. The Morgan fingerprint density at radius 1 is 1.59 bits per heavy atom. The van der Waals surface area contributed by atoms with Gasteiger partial charge in [0.05, 0.1) is 0 Å². The summed E-state index contributed by atoms with van der Waals surface area (Å²) < 4.78 is 0. The van der Waals surface area contributed by atoms with Crippen molar-refractivity contribution >= 4 is 17.2 Å². The Balaban J connectivity index is 1.86. The Hall–Kier alpha value is -0.870. The second kappa shape index (κ2) is 4.78. The van der Waals surface area contributed by atoms with Crippen molar-refractivity contribution in [2.75, 3.05) is 6.54 Å². The highest BCUT2D eigenvalue weighted by atomic mass is 32.1. The smallest absolute Gasteiger partial charge is 0.242 e. The van der Waals surface area contributed by atoms with E-state index in [1.807, 2.05) is 17.5 Å². The molecule has 3 N–H and O–H groups in total. The Morgan fingerprint density at radius 3 is 2.76 bits per heavy atom. The molecule has 1 aromatic rings. The second-order valence-corrected chi connectivity index (χ2v) is 6.21. The summed E-state index contributed by atoms with van der Waals surface area (Å²) >= 11 is 1.53. The average Bonchev–Trinajstić information content (AvgIpc) is 2.91. The number of carbonyl (C=O) groups is 1. The fourth-order valence-corrected chi connectivity index (χ4v) is 2.81. The summed E-state index contributed by atoms with van der Waals surface area (Å²) in [4.78, 5) is 12.8. The van der Waals surface area contributed by atoms with Crippen molar-refractivity contribution in [3.05, 3.63) is 22.4 Å². The summed E-state index contributed by atoms with van der Waals surface area (Å²) in [5, 5.41) is 4.94. The van der Waals surface area contributed by atoms with E-state index in [1.165, 1.54) is 24.2 Å². The van der Waals surface area contributed by atoms with Gasteiger partial charge in [0.1, 0.15) is 6.04 Å². The van der Waals surface area contributed by atoms with Crippen LogP contribution in [0.4, 0.5) is 0 Å². The lowest BCUT2D eigenvalue weighted by Gasteiger charge is -2.21. The fraction of sp³-hybridized carbons (Fsp3) is 0.615. The maximum Gasteiger partial charge on any atom is 0.242 e. The number of amides is 1. The first-order valence-electron chi connectivity index (χ1n) is 6.12. The van der Waals surface area contributed by atoms with Crippen molar-refractivity contribution in [2.45, 2.75) is 32.7 Å². The van der Waals surface area contributed by atoms with Gasteiger partial charge >= 0.3 is 0 Å². The molecule has 1 amide bonds. The van der Waals surface area contributed by atoms with Gasteiger partial charge in [0.2, 0.25) is 5.91 Å². The molecule has 2 rings (SSSR count). The van der Waals surface area contributed by atoms with Gasteiger partial charge in [0, 0.05) is 11.4 Å². The van der Waals surface area contributed by atoms with Crippen molar-refractivity contribution in [2.24, 2.45) is 17.1 Å². The molecule has 0 bridgehead atoms. The predicted molar refractivity (Wildman–Crippen MR) is 70.8 cm³/mol. The average molecular weight is 252 g/mol. The molecular weight excluding hydrogens is 232 g/mol. The lowest BCUT2D eigenvalue weighted by Crippen LogP contribution is -2.38. The standard InChI is InChI=1S/C13H20N2OS/c1-9(2)13(5-6-13)8-15-12(16)11(14)10-4-3-7-17-10/h3-4,7,9,11H,5-6,8,14H2,1-2H3,(H,15,16). The third kappa shape index (κ3) is 2.69. The van der Waals surface area contributed by atoms with Crippen molar-refractivity contribution < 1.29 is 4.79 Å². The van der Waals surface area contributed by atoms with Crippen molar-refractivity contribution in [1.29, 1.82) is 0 Å². The molecule has 1 heterocycles. The molecule has 1 aliphatic carbocycles. The molecule has 1 unspecified atom stereocenters. The molecule has 0 saturated heterocycles. The number of hydrogen-bond acceptors (Lipinski definition) is 3. The zero-order valence-electron chi connectivity index (χ0n) is 10.4. The molecule has 1 saturated carbocycles. The third-order valence-corrected chi connectivity index (χ3v) is 4.82. The van der Waals surface area contributed by atoms with Crippen LogP contribution in [0.1, 0.15) is 37.6 Å². The minimum atomic E-state index is -0.516. The van der Waals surface area contributed by atoms with Gasteiger partial charge in [-0.1, -0.05) is 19.9 Å². The van der Waals surface area contributed by atoms with Gasteiger partial charge in [0.25, 0.3) is 0 Å². The summed E-state index contributed by atoms with van der Waals surface area (Å²) in [5.74, 6) is 0.570. The molecule has 1 aromatic heterocycles. The van der Waals surface area contributed by atoms with E-state index in [4.69, 9.17) is 5.73 Å². The molecular formula is C13H20N2OS. The van der Waals surface area contributed by atoms with E-state index in [9.17, 15) is 4.79 Å². The monoisotopic (exact) mass is 252 g/mol. The summed E-state index contributed by atoms with van der Waals surface area (Å²) in [6, 6.07) is 3.31.